The summed E-state index contributed by atoms with van der Waals surface area (Å²) in [4.78, 5) is 4.05. The van der Waals surface area contributed by atoms with Gasteiger partial charge in [0.05, 0.1) is 6.20 Å². The summed E-state index contributed by atoms with van der Waals surface area (Å²) in [6.07, 6.45) is 3.18. The van der Waals surface area contributed by atoms with Crippen molar-refractivity contribution >= 4 is 11.8 Å². The van der Waals surface area contributed by atoms with Gasteiger partial charge in [-0.2, -0.15) is 0 Å². The highest BCUT2D eigenvalue weighted by molar-refractivity contribution is 7.99. The Balaban J connectivity index is 1.67. The smallest absolute Gasteiger partial charge is 0.255 e. The molecule has 0 amide bonds. The van der Waals surface area contributed by atoms with Gasteiger partial charge in [0.15, 0.2) is 11.5 Å². The third-order valence-corrected chi connectivity index (χ3v) is 3.76. The van der Waals surface area contributed by atoms with Crippen LogP contribution in [-0.2, 0) is 0 Å². The summed E-state index contributed by atoms with van der Waals surface area (Å²) in [5.74, 6) is 2.24. The topological polar surface area (TPSA) is 70.5 Å². The number of hydrogen-bond donors (Lipinski definition) is 1. The number of oxazole rings is 1. The van der Waals surface area contributed by atoms with E-state index in [2.05, 4.69) is 4.98 Å². The van der Waals surface area contributed by atoms with Crippen molar-refractivity contribution in [2.75, 3.05) is 19.0 Å². The number of thioether (sulfide) groups is 1. The first kappa shape index (κ1) is 12.4. The molecule has 2 N–H and O–H groups in total. The van der Waals surface area contributed by atoms with Crippen LogP contribution in [0.3, 0.4) is 0 Å². The summed E-state index contributed by atoms with van der Waals surface area (Å²) in [6.45, 7) is 1.18. The van der Waals surface area contributed by atoms with Crippen LogP contribution in [0, 0.1) is 0 Å². The van der Waals surface area contributed by atoms with Crippen LogP contribution in [0.5, 0.6) is 11.5 Å². The van der Waals surface area contributed by atoms with Crippen LogP contribution in [0.15, 0.2) is 40.3 Å². The molecule has 2 aromatic rings. The molecule has 19 heavy (non-hydrogen) atoms. The Kier molecular flexibility index (Phi) is 3.61. The van der Waals surface area contributed by atoms with Gasteiger partial charge in [-0.3, -0.25) is 0 Å². The number of nitrogens with zero attached hydrogens (tertiary/aromatic N) is 1. The first-order chi connectivity index (χ1) is 9.33. The summed E-state index contributed by atoms with van der Waals surface area (Å²) in [5, 5.41) is 0.632. The molecule has 0 spiro atoms. The molecular formula is C13H14N2O3S. The molecule has 1 aromatic heterocycles. The Morgan fingerprint density at radius 2 is 2.11 bits per heavy atom. The lowest BCUT2D eigenvalue weighted by atomic mass is 10.1. The average molecular weight is 278 g/mol. The molecule has 5 nitrogen and oxygen atoms in total. The molecule has 0 bridgehead atoms. The number of nitrogens with two attached hydrogens (primary N) is 1. The number of ether oxygens (including phenoxy) is 2. The monoisotopic (exact) mass is 278 g/mol. The SMILES string of the molecule is NC(CSc1ncco1)c1ccc2c(c1)OCCO2. The van der Waals surface area contributed by atoms with E-state index in [0.29, 0.717) is 24.2 Å². The van der Waals surface area contributed by atoms with E-state index in [9.17, 15) is 0 Å². The maximum absolute atomic E-state index is 6.16. The van der Waals surface area contributed by atoms with Gasteiger partial charge in [-0.25, -0.2) is 4.98 Å². The van der Waals surface area contributed by atoms with Gasteiger partial charge in [-0.15, -0.1) is 0 Å². The molecule has 1 aliphatic rings. The maximum atomic E-state index is 6.16. The zero-order chi connectivity index (χ0) is 13.1. The highest BCUT2D eigenvalue weighted by Gasteiger charge is 2.15. The van der Waals surface area contributed by atoms with E-state index in [-0.39, 0.29) is 6.04 Å². The van der Waals surface area contributed by atoms with E-state index in [4.69, 9.17) is 19.6 Å². The number of rotatable bonds is 4. The van der Waals surface area contributed by atoms with Crippen molar-refractivity contribution in [1.82, 2.24) is 4.98 Å². The molecule has 1 unspecified atom stereocenters. The minimum Gasteiger partial charge on any atom is -0.486 e. The first-order valence-electron chi connectivity index (χ1n) is 6.00. The molecule has 0 saturated heterocycles. The van der Waals surface area contributed by atoms with Gasteiger partial charge in [-0.05, 0) is 17.7 Å². The van der Waals surface area contributed by atoms with Crippen LogP contribution >= 0.6 is 11.8 Å². The van der Waals surface area contributed by atoms with Gasteiger partial charge in [0.25, 0.3) is 5.22 Å². The van der Waals surface area contributed by atoms with Gasteiger partial charge in [0, 0.05) is 11.8 Å². The predicted octanol–water partition coefficient (Wildman–Crippen LogP) is 2.24. The summed E-state index contributed by atoms with van der Waals surface area (Å²) < 4.78 is 16.2. The van der Waals surface area contributed by atoms with Crippen molar-refractivity contribution in [2.45, 2.75) is 11.3 Å². The molecule has 6 heteroatoms. The number of aromatic nitrogens is 1. The second kappa shape index (κ2) is 5.54. The number of benzene rings is 1. The van der Waals surface area contributed by atoms with E-state index in [1.165, 1.54) is 11.8 Å². The van der Waals surface area contributed by atoms with Gasteiger partial charge in [-0.1, -0.05) is 17.8 Å². The minimum absolute atomic E-state index is 0.104. The Morgan fingerprint density at radius 1 is 1.26 bits per heavy atom. The zero-order valence-corrected chi connectivity index (χ0v) is 11.1. The van der Waals surface area contributed by atoms with Crippen molar-refractivity contribution in [1.29, 1.82) is 0 Å². The van der Waals surface area contributed by atoms with Gasteiger partial charge < -0.3 is 19.6 Å². The molecule has 0 saturated carbocycles. The van der Waals surface area contributed by atoms with Crippen LogP contribution in [0.4, 0.5) is 0 Å². The van der Waals surface area contributed by atoms with E-state index >= 15 is 0 Å². The molecule has 0 aliphatic carbocycles. The summed E-state index contributed by atoms with van der Waals surface area (Å²) in [7, 11) is 0. The van der Waals surface area contributed by atoms with Crippen LogP contribution in [-0.4, -0.2) is 24.0 Å². The third-order valence-electron chi connectivity index (χ3n) is 2.79. The van der Waals surface area contributed by atoms with E-state index < -0.39 is 0 Å². The zero-order valence-electron chi connectivity index (χ0n) is 10.2. The van der Waals surface area contributed by atoms with Crippen LogP contribution in [0.1, 0.15) is 11.6 Å². The lowest BCUT2D eigenvalue weighted by molar-refractivity contribution is 0.171. The van der Waals surface area contributed by atoms with Crippen molar-refractivity contribution in [3.05, 3.63) is 36.2 Å². The summed E-state index contributed by atoms with van der Waals surface area (Å²) in [6, 6.07) is 5.70. The molecule has 1 aromatic carbocycles. The fourth-order valence-electron chi connectivity index (χ4n) is 1.83. The highest BCUT2D eigenvalue weighted by Crippen LogP contribution is 2.33. The Hall–Kier alpha value is -1.66. The molecule has 1 aliphatic heterocycles. The summed E-state index contributed by atoms with van der Waals surface area (Å²) >= 11 is 1.49. The van der Waals surface area contributed by atoms with E-state index in [0.717, 1.165) is 17.1 Å². The van der Waals surface area contributed by atoms with E-state index in [1.54, 1.807) is 12.5 Å². The fraction of sp³-hybridized carbons (Fsp3) is 0.308. The molecular weight excluding hydrogens is 264 g/mol. The van der Waals surface area contributed by atoms with E-state index in [1.807, 2.05) is 18.2 Å². The van der Waals surface area contributed by atoms with Gasteiger partial charge >= 0.3 is 0 Å². The Labute approximate surface area is 115 Å². The predicted molar refractivity (Wildman–Crippen MR) is 71.6 cm³/mol. The Morgan fingerprint density at radius 3 is 2.89 bits per heavy atom. The second-order valence-corrected chi connectivity index (χ2v) is 5.09. The average Bonchev–Trinajstić information content (AvgIpc) is 2.97. The fourth-order valence-corrected chi connectivity index (χ4v) is 2.60. The lowest BCUT2D eigenvalue weighted by Crippen LogP contribution is -2.17. The molecule has 100 valence electrons. The van der Waals surface area contributed by atoms with Gasteiger partial charge in [0.1, 0.15) is 19.5 Å². The molecule has 3 rings (SSSR count). The first-order valence-corrected chi connectivity index (χ1v) is 6.99. The van der Waals surface area contributed by atoms with Crippen molar-refractivity contribution in [2.24, 2.45) is 5.73 Å². The largest absolute Gasteiger partial charge is 0.486 e. The van der Waals surface area contributed by atoms with Crippen LogP contribution in [0.25, 0.3) is 0 Å². The third kappa shape index (κ3) is 2.85. The van der Waals surface area contributed by atoms with Crippen molar-refractivity contribution < 1.29 is 13.9 Å². The van der Waals surface area contributed by atoms with Gasteiger partial charge in [0.2, 0.25) is 0 Å². The molecule has 0 fully saturated rings. The van der Waals surface area contributed by atoms with Crippen molar-refractivity contribution in [3.63, 3.8) is 0 Å². The minimum atomic E-state index is -0.104. The maximum Gasteiger partial charge on any atom is 0.255 e. The summed E-state index contributed by atoms with van der Waals surface area (Å²) in [5.41, 5.74) is 7.18. The molecule has 1 atom stereocenters. The Bertz CT molecular complexity index is 545. The van der Waals surface area contributed by atoms with Crippen molar-refractivity contribution in [3.8, 4) is 11.5 Å². The van der Waals surface area contributed by atoms with Crippen LogP contribution < -0.4 is 15.2 Å². The highest BCUT2D eigenvalue weighted by atomic mass is 32.2. The number of fused-ring (bicyclic) bond motifs is 1. The number of hydrogen-bond acceptors (Lipinski definition) is 6. The van der Waals surface area contributed by atoms with Crippen LogP contribution in [0.2, 0.25) is 0 Å². The molecule has 0 radical (unpaired) electrons. The second-order valence-electron chi connectivity index (χ2n) is 4.12. The molecule has 2 heterocycles. The quantitative estimate of drug-likeness (QED) is 0.865. The lowest BCUT2D eigenvalue weighted by Gasteiger charge is -2.20. The standard InChI is InChI=1S/C13H14N2O3S/c14-10(8-19-13-15-3-4-18-13)9-1-2-11-12(7-9)17-6-5-16-11/h1-4,7,10H,5-6,8,14H2. The normalized spacial score (nSPS) is 15.2.